The van der Waals surface area contributed by atoms with Crippen molar-refractivity contribution >= 4 is 5.91 Å². The molecule has 1 fully saturated rings. The maximum absolute atomic E-state index is 13.7. The molecule has 24 heavy (non-hydrogen) atoms. The number of hydrogen-bond acceptors (Lipinski definition) is 3. The molecule has 0 unspecified atom stereocenters. The van der Waals surface area contributed by atoms with Crippen LogP contribution in [-0.4, -0.2) is 51.4 Å². The van der Waals surface area contributed by atoms with E-state index in [9.17, 15) is 9.18 Å². The average Bonchev–Trinajstić information content (AvgIpc) is 2.83. The van der Waals surface area contributed by atoms with Gasteiger partial charge in [-0.1, -0.05) is 18.2 Å². The Bertz CT molecular complexity index is 700. The fourth-order valence-corrected chi connectivity index (χ4v) is 3.04. The number of aryl methyl sites for hydroxylation is 1. The third-order valence-corrected chi connectivity index (χ3v) is 4.53. The van der Waals surface area contributed by atoms with Crippen LogP contribution in [0.4, 0.5) is 4.39 Å². The molecular formula is C18H23FN4O. The van der Waals surface area contributed by atoms with Crippen LogP contribution < -0.4 is 0 Å². The van der Waals surface area contributed by atoms with Crippen LogP contribution in [0.5, 0.6) is 0 Å². The standard InChI is InChI=1S/C18H23FN4O/c1-21-10-7-20-17(21)14-22-8-4-9-23(12-11-22)18(24)13-15-5-2-3-6-16(15)19/h2-3,5-7,10H,4,8-9,11-14H2,1H3. The third-order valence-electron chi connectivity index (χ3n) is 4.53. The number of aromatic nitrogens is 2. The minimum Gasteiger partial charge on any atom is -0.341 e. The van der Waals surface area contributed by atoms with Crippen molar-refractivity contribution < 1.29 is 9.18 Å². The summed E-state index contributed by atoms with van der Waals surface area (Å²) >= 11 is 0. The van der Waals surface area contributed by atoms with E-state index in [2.05, 4.69) is 9.88 Å². The summed E-state index contributed by atoms with van der Waals surface area (Å²) in [6, 6.07) is 6.49. The summed E-state index contributed by atoms with van der Waals surface area (Å²) in [6.45, 7) is 3.95. The number of rotatable bonds is 4. The zero-order chi connectivity index (χ0) is 16.9. The summed E-state index contributed by atoms with van der Waals surface area (Å²) in [7, 11) is 1.99. The van der Waals surface area contributed by atoms with E-state index in [1.54, 1.807) is 24.4 Å². The maximum atomic E-state index is 13.7. The van der Waals surface area contributed by atoms with Crippen LogP contribution >= 0.6 is 0 Å². The Morgan fingerprint density at radius 1 is 1.21 bits per heavy atom. The second kappa shape index (κ2) is 7.57. The predicted octanol–water partition coefficient (Wildman–Crippen LogP) is 1.84. The van der Waals surface area contributed by atoms with Gasteiger partial charge in [0.25, 0.3) is 0 Å². The van der Waals surface area contributed by atoms with Crippen molar-refractivity contribution in [1.29, 1.82) is 0 Å². The molecule has 0 radical (unpaired) electrons. The molecule has 1 aromatic heterocycles. The van der Waals surface area contributed by atoms with Crippen molar-refractivity contribution in [3.05, 3.63) is 53.9 Å². The smallest absolute Gasteiger partial charge is 0.227 e. The van der Waals surface area contributed by atoms with E-state index in [-0.39, 0.29) is 18.1 Å². The van der Waals surface area contributed by atoms with E-state index >= 15 is 0 Å². The van der Waals surface area contributed by atoms with E-state index in [0.29, 0.717) is 12.1 Å². The van der Waals surface area contributed by atoms with E-state index in [1.807, 2.05) is 22.7 Å². The first-order chi connectivity index (χ1) is 11.6. The number of carbonyl (C=O) groups is 1. The summed E-state index contributed by atoms with van der Waals surface area (Å²) in [6.07, 6.45) is 4.80. The molecule has 1 aliphatic rings. The zero-order valence-electron chi connectivity index (χ0n) is 14.0. The van der Waals surface area contributed by atoms with Gasteiger partial charge in [-0.2, -0.15) is 0 Å². The highest BCUT2D eigenvalue weighted by molar-refractivity contribution is 5.78. The number of carbonyl (C=O) groups excluding carboxylic acids is 1. The first kappa shape index (κ1) is 16.6. The van der Waals surface area contributed by atoms with Crippen LogP contribution in [0, 0.1) is 5.82 Å². The Labute approximate surface area is 141 Å². The largest absolute Gasteiger partial charge is 0.341 e. The molecule has 0 spiro atoms. The molecule has 1 aromatic carbocycles. The van der Waals surface area contributed by atoms with Gasteiger partial charge in [-0.05, 0) is 18.1 Å². The first-order valence-corrected chi connectivity index (χ1v) is 8.33. The minimum atomic E-state index is -0.308. The number of amides is 1. The van der Waals surface area contributed by atoms with Crippen LogP contribution in [0.1, 0.15) is 17.8 Å². The van der Waals surface area contributed by atoms with Crippen molar-refractivity contribution in [3.63, 3.8) is 0 Å². The molecule has 6 heteroatoms. The molecule has 1 aliphatic heterocycles. The normalized spacial score (nSPS) is 16.2. The van der Waals surface area contributed by atoms with E-state index < -0.39 is 0 Å². The van der Waals surface area contributed by atoms with E-state index in [0.717, 1.165) is 38.4 Å². The van der Waals surface area contributed by atoms with Gasteiger partial charge in [-0.3, -0.25) is 9.69 Å². The number of halogens is 1. The lowest BCUT2D eigenvalue weighted by atomic mass is 10.1. The first-order valence-electron chi connectivity index (χ1n) is 8.33. The molecule has 0 bridgehead atoms. The fourth-order valence-electron chi connectivity index (χ4n) is 3.04. The maximum Gasteiger partial charge on any atom is 0.227 e. The molecule has 2 heterocycles. The molecule has 3 rings (SSSR count). The highest BCUT2D eigenvalue weighted by atomic mass is 19.1. The van der Waals surface area contributed by atoms with Gasteiger partial charge in [0.05, 0.1) is 13.0 Å². The summed E-state index contributed by atoms with van der Waals surface area (Å²) in [5, 5.41) is 0. The second-order valence-corrected chi connectivity index (χ2v) is 6.23. The third kappa shape index (κ3) is 4.00. The van der Waals surface area contributed by atoms with Gasteiger partial charge in [0.15, 0.2) is 0 Å². The van der Waals surface area contributed by atoms with Crippen LogP contribution in [0.25, 0.3) is 0 Å². The molecule has 0 saturated carbocycles. The zero-order valence-corrected chi connectivity index (χ0v) is 14.0. The van der Waals surface area contributed by atoms with Crippen molar-refractivity contribution in [1.82, 2.24) is 19.4 Å². The predicted molar refractivity (Wildman–Crippen MR) is 89.8 cm³/mol. The van der Waals surface area contributed by atoms with Crippen LogP contribution in [0.2, 0.25) is 0 Å². The fraction of sp³-hybridized carbons (Fsp3) is 0.444. The van der Waals surface area contributed by atoms with E-state index in [4.69, 9.17) is 0 Å². The second-order valence-electron chi connectivity index (χ2n) is 6.23. The van der Waals surface area contributed by atoms with Gasteiger partial charge >= 0.3 is 0 Å². The Balaban J connectivity index is 1.56. The number of nitrogens with zero attached hydrogens (tertiary/aromatic N) is 4. The lowest BCUT2D eigenvalue weighted by Gasteiger charge is -2.22. The minimum absolute atomic E-state index is 0.000980. The van der Waals surface area contributed by atoms with Gasteiger partial charge in [0, 0.05) is 45.6 Å². The molecule has 5 nitrogen and oxygen atoms in total. The Hall–Kier alpha value is -2.21. The van der Waals surface area contributed by atoms with Crippen molar-refractivity contribution in [2.45, 2.75) is 19.4 Å². The Morgan fingerprint density at radius 2 is 2.04 bits per heavy atom. The summed E-state index contributed by atoms with van der Waals surface area (Å²) < 4.78 is 15.7. The molecule has 128 valence electrons. The van der Waals surface area contributed by atoms with Gasteiger partial charge in [0.2, 0.25) is 5.91 Å². The molecule has 2 aromatic rings. The van der Waals surface area contributed by atoms with Gasteiger partial charge < -0.3 is 9.47 Å². The van der Waals surface area contributed by atoms with Crippen LogP contribution in [0.3, 0.4) is 0 Å². The van der Waals surface area contributed by atoms with Gasteiger partial charge in [0.1, 0.15) is 11.6 Å². The summed E-state index contributed by atoms with van der Waals surface area (Å²) in [4.78, 5) is 21.0. The lowest BCUT2D eigenvalue weighted by molar-refractivity contribution is -0.130. The number of imidazole rings is 1. The molecule has 1 amide bonds. The van der Waals surface area contributed by atoms with Crippen molar-refractivity contribution in [2.24, 2.45) is 7.05 Å². The molecular weight excluding hydrogens is 307 g/mol. The average molecular weight is 330 g/mol. The molecule has 0 aliphatic carbocycles. The lowest BCUT2D eigenvalue weighted by Crippen LogP contribution is -2.36. The quantitative estimate of drug-likeness (QED) is 0.859. The monoisotopic (exact) mass is 330 g/mol. The van der Waals surface area contributed by atoms with Crippen LogP contribution in [-0.2, 0) is 24.8 Å². The SMILES string of the molecule is Cn1ccnc1CN1CCCN(C(=O)Cc2ccccc2F)CC1. The molecule has 0 N–H and O–H groups in total. The number of benzene rings is 1. The van der Waals surface area contributed by atoms with Crippen LogP contribution in [0.15, 0.2) is 36.7 Å². The van der Waals surface area contributed by atoms with Gasteiger partial charge in [-0.25, -0.2) is 9.37 Å². The topological polar surface area (TPSA) is 41.4 Å². The number of hydrogen-bond donors (Lipinski definition) is 0. The van der Waals surface area contributed by atoms with E-state index in [1.165, 1.54) is 6.07 Å². The Kier molecular flexibility index (Phi) is 5.25. The van der Waals surface area contributed by atoms with Crippen molar-refractivity contribution in [2.75, 3.05) is 26.2 Å². The van der Waals surface area contributed by atoms with Gasteiger partial charge in [-0.15, -0.1) is 0 Å². The highest BCUT2D eigenvalue weighted by Crippen LogP contribution is 2.12. The highest BCUT2D eigenvalue weighted by Gasteiger charge is 2.20. The summed E-state index contributed by atoms with van der Waals surface area (Å²) in [5.74, 6) is 0.720. The Morgan fingerprint density at radius 3 is 2.79 bits per heavy atom. The van der Waals surface area contributed by atoms with Crippen molar-refractivity contribution in [3.8, 4) is 0 Å². The summed E-state index contributed by atoms with van der Waals surface area (Å²) in [5.41, 5.74) is 0.469. The molecule has 1 saturated heterocycles. The molecule has 0 atom stereocenters.